The molecule has 0 spiro atoms. The molecule has 0 bridgehead atoms. The van der Waals surface area contributed by atoms with Gasteiger partial charge in [0.25, 0.3) is 0 Å². The molecule has 0 saturated heterocycles. The van der Waals surface area contributed by atoms with E-state index in [9.17, 15) is 4.79 Å². The summed E-state index contributed by atoms with van der Waals surface area (Å²) in [5, 5.41) is 4.08. The molecule has 0 unspecified atom stereocenters. The molecular formula is C20H21N3O3. The molecule has 0 amide bonds. The van der Waals surface area contributed by atoms with Crippen molar-refractivity contribution in [3.63, 3.8) is 0 Å². The molecule has 1 aromatic carbocycles. The first-order chi connectivity index (χ1) is 12.5. The van der Waals surface area contributed by atoms with Crippen molar-refractivity contribution < 1.29 is 13.7 Å². The van der Waals surface area contributed by atoms with E-state index < -0.39 is 0 Å². The van der Waals surface area contributed by atoms with Crippen molar-refractivity contribution in [2.75, 3.05) is 0 Å². The van der Waals surface area contributed by atoms with Gasteiger partial charge < -0.3 is 8.94 Å². The average molecular weight is 351 g/mol. The van der Waals surface area contributed by atoms with Crippen LogP contribution in [0.25, 0.3) is 11.4 Å². The minimum absolute atomic E-state index is 0.0154. The molecule has 0 N–H and O–H groups in total. The highest BCUT2D eigenvalue weighted by Crippen LogP contribution is 2.38. The van der Waals surface area contributed by atoms with Crippen molar-refractivity contribution in [2.45, 2.75) is 51.9 Å². The third-order valence-electron chi connectivity index (χ3n) is 4.97. The Morgan fingerprint density at radius 2 is 2.19 bits per heavy atom. The Bertz CT molecular complexity index is 955. The Labute approximate surface area is 151 Å². The van der Waals surface area contributed by atoms with Crippen molar-refractivity contribution in [3.8, 4) is 11.4 Å². The predicted molar refractivity (Wildman–Crippen MR) is 95.1 cm³/mol. The lowest BCUT2D eigenvalue weighted by atomic mass is 9.94. The molecule has 0 aliphatic heterocycles. The smallest absolute Gasteiger partial charge is 0.229 e. The van der Waals surface area contributed by atoms with Gasteiger partial charge >= 0.3 is 0 Å². The number of fused-ring (bicyclic) bond motifs is 1. The van der Waals surface area contributed by atoms with Gasteiger partial charge in [0.15, 0.2) is 12.2 Å². The number of benzene rings is 1. The van der Waals surface area contributed by atoms with Crippen LogP contribution in [0, 0.1) is 6.92 Å². The molecule has 6 heteroatoms. The first-order valence-corrected chi connectivity index (χ1v) is 8.93. The van der Waals surface area contributed by atoms with Crippen molar-refractivity contribution in [3.05, 3.63) is 53.1 Å². The van der Waals surface area contributed by atoms with Crippen LogP contribution in [0.2, 0.25) is 0 Å². The van der Waals surface area contributed by atoms with Crippen LogP contribution in [0.3, 0.4) is 0 Å². The predicted octanol–water partition coefficient (Wildman–Crippen LogP) is 4.46. The van der Waals surface area contributed by atoms with Gasteiger partial charge in [0.1, 0.15) is 0 Å². The third kappa shape index (κ3) is 2.96. The molecule has 2 aromatic heterocycles. The van der Waals surface area contributed by atoms with Crippen molar-refractivity contribution in [2.24, 2.45) is 0 Å². The highest BCUT2D eigenvalue weighted by atomic mass is 16.5. The maximum Gasteiger partial charge on any atom is 0.229 e. The van der Waals surface area contributed by atoms with Gasteiger partial charge in [-0.25, -0.2) is 4.98 Å². The second-order valence-corrected chi connectivity index (χ2v) is 7.15. The Hall–Kier alpha value is -2.76. The fraction of sp³-hybridized carbons (Fsp3) is 0.400. The maximum atomic E-state index is 12.5. The molecule has 1 atom stereocenters. The van der Waals surface area contributed by atoms with Crippen molar-refractivity contribution in [1.82, 2.24) is 15.1 Å². The van der Waals surface area contributed by atoms with Gasteiger partial charge in [-0.2, -0.15) is 4.98 Å². The molecule has 3 aromatic rings. The largest absolute Gasteiger partial charge is 0.440 e. The van der Waals surface area contributed by atoms with E-state index in [0.717, 1.165) is 18.4 Å². The molecule has 4 rings (SSSR count). The topological polar surface area (TPSA) is 82.0 Å². The number of ketones is 1. The third-order valence-corrected chi connectivity index (χ3v) is 4.97. The maximum absolute atomic E-state index is 12.5. The van der Waals surface area contributed by atoms with Crippen LogP contribution in [-0.2, 0) is 6.42 Å². The number of hydrogen-bond acceptors (Lipinski definition) is 6. The zero-order valence-corrected chi connectivity index (χ0v) is 15.2. The summed E-state index contributed by atoms with van der Waals surface area (Å²) < 4.78 is 10.5. The second kappa shape index (κ2) is 6.52. The number of nitrogens with zero attached hydrogens (tertiary/aromatic N) is 3. The highest BCUT2D eigenvalue weighted by Gasteiger charge is 2.27. The Morgan fingerprint density at radius 1 is 1.35 bits per heavy atom. The summed E-state index contributed by atoms with van der Waals surface area (Å²) in [6.45, 7) is 5.84. The van der Waals surface area contributed by atoms with E-state index in [0.29, 0.717) is 29.6 Å². The number of carbonyl (C=O) groups excluding carboxylic acids is 1. The van der Waals surface area contributed by atoms with Crippen molar-refractivity contribution in [1.29, 1.82) is 0 Å². The quantitative estimate of drug-likeness (QED) is 0.631. The number of aromatic nitrogens is 3. The van der Waals surface area contributed by atoms with Crippen LogP contribution in [0.4, 0.5) is 0 Å². The van der Waals surface area contributed by atoms with Gasteiger partial charge in [-0.1, -0.05) is 31.1 Å². The van der Waals surface area contributed by atoms with Gasteiger partial charge in [-0.3, -0.25) is 4.79 Å². The van der Waals surface area contributed by atoms with E-state index >= 15 is 0 Å². The molecule has 0 saturated carbocycles. The zero-order chi connectivity index (χ0) is 18.3. The standard InChI is InChI=1S/C20H21N3O3/c1-11(2)20-22-19(23-26-20)15-6-7-16-13(8-15)4-5-14(16)9-17(24)18-12(3)21-10-25-18/h6-8,10-11,14H,4-5,9H2,1-3H3/t14-/m0/s1. The van der Waals surface area contributed by atoms with E-state index in [2.05, 4.69) is 27.3 Å². The van der Waals surface area contributed by atoms with Crippen LogP contribution < -0.4 is 0 Å². The minimum Gasteiger partial charge on any atom is -0.440 e. The molecule has 2 heterocycles. The van der Waals surface area contributed by atoms with E-state index in [4.69, 9.17) is 8.94 Å². The lowest BCUT2D eigenvalue weighted by Gasteiger charge is -2.10. The monoisotopic (exact) mass is 351 g/mol. The van der Waals surface area contributed by atoms with Gasteiger partial charge in [0.2, 0.25) is 17.5 Å². The Balaban J connectivity index is 1.54. The summed E-state index contributed by atoms with van der Waals surface area (Å²) in [4.78, 5) is 21.0. The van der Waals surface area contributed by atoms with E-state index in [1.165, 1.54) is 17.5 Å². The van der Waals surface area contributed by atoms with Crippen LogP contribution in [-0.4, -0.2) is 20.9 Å². The Kier molecular flexibility index (Phi) is 4.18. The number of rotatable bonds is 5. The van der Waals surface area contributed by atoms with Gasteiger partial charge in [0, 0.05) is 17.9 Å². The molecular weight excluding hydrogens is 330 g/mol. The van der Waals surface area contributed by atoms with Crippen LogP contribution in [0.1, 0.15) is 71.8 Å². The van der Waals surface area contributed by atoms with Crippen LogP contribution in [0.5, 0.6) is 0 Å². The van der Waals surface area contributed by atoms with E-state index in [-0.39, 0.29) is 17.6 Å². The summed E-state index contributed by atoms with van der Waals surface area (Å²) in [5.74, 6) is 2.08. The average Bonchev–Trinajstić information content (AvgIpc) is 3.34. The summed E-state index contributed by atoms with van der Waals surface area (Å²) in [6.07, 6.45) is 3.68. The number of carbonyl (C=O) groups is 1. The van der Waals surface area contributed by atoms with Crippen LogP contribution in [0.15, 0.2) is 33.5 Å². The zero-order valence-electron chi connectivity index (χ0n) is 15.2. The first-order valence-electron chi connectivity index (χ1n) is 8.93. The van der Waals surface area contributed by atoms with Crippen molar-refractivity contribution >= 4 is 5.78 Å². The fourth-order valence-corrected chi connectivity index (χ4v) is 3.53. The number of oxazole rings is 1. The first kappa shape index (κ1) is 16.7. The molecule has 1 aliphatic carbocycles. The molecule has 134 valence electrons. The molecule has 6 nitrogen and oxygen atoms in total. The van der Waals surface area contributed by atoms with E-state index in [1.54, 1.807) is 6.92 Å². The number of Topliss-reactive ketones (excluding diaryl/α,β-unsaturated/α-hetero) is 1. The van der Waals surface area contributed by atoms with Gasteiger partial charge in [-0.15, -0.1) is 0 Å². The lowest BCUT2D eigenvalue weighted by Crippen LogP contribution is -2.06. The van der Waals surface area contributed by atoms with Gasteiger partial charge in [-0.05, 0) is 42.9 Å². The van der Waals surface area contributed by atoms with Crippen LogP contribution >= 0.6 is 0 Å². The number of aryl methyl sites for hydroxylation is 2. The summed E-state index contributed by atoms with van der Waals surface area (Å²) in [6, 6.07) is 6.22. The summed E-state index contributed by atoms with van der Waals surface area (Å²) in [5.41, 5.74) is 4.09. The SMILES string of the molecule is Cc1ncoc1C(=O)C[C@@H]1CCc2cc(-c3noc(C(C)C)n3)ccc21. The van der Waals surface area contributed by atoms with E-state index in [1.807, 2.05) is 19.9 Å². The molecule has 26 heavy (non-hydrogen) atoms. The fourth-order valence-electron chi connectivity index (χ4n) is 3.53. The molecule has 1 aliphatic rings. The summed E-state index contributed by atoms with van der Waals surface area (Å²) >= 11 is 0. The summed E-state index contributed by atoms with van der Waals surface area (Å²) in [7, 11) is 0. The van der Waals surface area contributed by atoms with Gasteiger partial charge in [0.05, 0.1) is 5.69 Å². The lowest BCUT2D eigenvalue weighted by molar-refractivity contribution is 0.0945. The second-order valence-electron chi connectivity index (χ2n) is 7.15. The minimum atomic E-state index is 0.0154. The number of hydrogen-bond donors (Lipinski definition) is 0. The highest BCUT2D eigenvalue weighted by molar-refractivity contribution is 5.94. The Morgan fingerprint density at radius 3 is 2.88 bits per heavy atom. The molecule has 0 radical (unpaired) electrons. The molecule has 0 fully saturated rings. The normalized spacial score (nSPS) is 16.2.